The monoisotopic (exact) mass is 419 g/mol. The second-order valence-corrected chi connectivity index (χ2v) is 9.68. The molecular formula is C30H59. The van der Waals surface area contributed by atoms with Gasteiger partial charge in [-0.3, -0.25) is 0 Å². The van der Waals surface area contributed by atoms with Gasteiger partial charge in [0, 0.05) is 0 Å². The van der Waals surface area contributed by atoms with Gasteiger partial charge in [-0.25, -0.2) is 0 Å². The summed E-state index contributed by atoms with van der Waals surface area (Å²) in [5.74, 6) is 0. The summed E-state index contributed by atoms with van der Waals surface area (Å²) in [6.07, 6.45) is 41.8. The van der Waals surface area contributed by atoms with Crippen LogP contribution >= 0.6 is 0 Å². The molecule has 0 bridgehead atoms. The molecule has 1 radical (unpaired) electrons. The van der Waals surface area contributed by atoms with E-state index in [1.54, 1.807) is 0 Å². The molecule has 0 nitrogen and oxygen atoms in total. The topological polar surface area (TPSA) is 0 Å². The Hall–Kier alpha value is -0.260. The van der Waals surface area contributed by atoms with Crippen molar-refractivity contribution in [3.8, 4) is 0 Å². The minimum absolute atomic E-state index is 1.11. The molecule has 0 N–H and O–H groups in total. The average Bonchev–Trinajstić information content (AvgIpc) is 2.76. The number of allylic oxidation sites excluding steroid dienone is 2. The molecule has 0 aliphatic heterocycles. The van der Waals surface area contributed by atoms with Crippen LogP contribution in [-0.4, -0.2) is 0 Å². The summed E-state index contributed by atoms with van der Waals surface area (Å²) >= 11 is 0. The molecule has 0 unspecified atom stereocenters. The first-order valence-corrected chi connectivity index (χ1v) is 14.4. The molecule has 0 aromatic rings. The summed E-state index contributed by atoms with van der Waals surface area (Å²) in [5, 5.41) is 0. The van der Waals surface area contributed by atoms with E-state index in [0.717, 1.165) is 6.42 Å². The van der Waals surface area contributed by atoms with E-state index in [2.05, 4.69) is 26.0 Å². The number of unbranched alkanes of at least 4 members (excludes halogenated alkanes) is 24. The summed E-state index contributed by atoms with van der Waals surface area (Å²) in [4.78, 5) is 0. The van der Waals surface area contributed by atoms with Crippen LogP contribution in [0, 0.1) is 6.92 Å². The molecule has 0 spiro atoms. The Bertz CT molecular complexity index is 303. The van der Waals surface area contributed by atoms with Gasteiger partial charge >= 0.3 is 0 Å². The Labute approximate surface area is 193 Å². The third kappa shape index (κ3) is 27.7. The molecule has 0 aliphatic rings. The molecule has 0 heterocycles. The Morgan fingerprint density at radius 3 is 0.933 bits per heavy atom. The third-order valence-electron chi connectivity index (χ3n) is 6.51. The van der Waals surface area contributed by atoms with Crippen molar-refractivity contribution in [2.24, 2.45) is 0 Å². The maximum absolute atomic E-state index is 3.90. The third-order valence-corrected chi connectivity index (χ3v) is 6.51. The fraction of sp³-hybridized carbons (Fsp3) is 0.900. The molecule has 179 valence electrons. The first-order chi connectivity index (χ1) is 14.9. The zero-order valence-corrected chi connectivity index (χ0v) is 21.2. The van der Waals surface area contributed by atoms with Crippen LogP contribution in [0.5, 0.6) is 0 Å². The second-order valence-electron chi connectivity index (χ2n) is 9.68. The quantitative estimate of drug-likeness (QED) is 0.0965. The van der Waals surface area contributed by atoms with Gasteiger partial charge in [-0.1, -0.05) is 167 Å². The molecule has 0 saturated carbocycles. The summed E-state index contributed by atoms with van der Waals surface area (Å²) in [5.41, 5.74) is 0. The van der Waals surface area contributed by atoms with Crippen molar-refractivity contribution in [3.63, 3.8) is 0 Å². The lowest BCUT2D eigenvalue weighted by Gasteiger charge is -2.03. The fourth-order valence-corrected chi connectivity index (χ4v) is 4.37. The van der Waals surface area contributed by atoms with Gasteiger partial charge in [0.2, 0.25) is 0 Å². The highest BCUT2D eigenvalue weighted by Crippen LogP contribution is 2.15. The molecular weight excluding hydrogens is 360 g/mol. The lowest BCUT2D eigenvalue weighted by Crippen LogP contribution is -1.84. The van der Waals surface area contributed by atoms with Crippen molar-refractivity contribution in [2.75, 3.05) is 0 Å². The summed E-state index contributed by atoms with van der Waals surface area (Å²) in [7, 11) is 0. The maximum atomic E-state index is 3.90. The van der Waals surface area contributed by atoms with Gasteiger partial charge in [0.15, 0.2) is 0 Å². The zero-order chi connectivity index (χ0) is 21.8. The van der Waals surface area contributed by atoms with E-state index in [4.69, 9.17) is 0 Å². The van der Waals surface area contributed by atoms with E-state index in [0.29, 0.717) is 0 Å². The summed E-state index contributed by atoms with van der Waals surface area (Å²) in [6, 6.07) is 0. The van der Waals surface area contributed by atoms with Crippen molar-refractivity contribution in [3.05, 3.63) is 19.1 Å². The SMILES string of the molecule is [CH2]CCCCCC/C=C/CCCCCCCCCCCCCCCCCCCCC. The summed E-state index contributed by atoms with van der Waals surface area (Å²) < 4.78 is 0. The van der Waals surface area contributed by atoms with E-state index >= 15 is 0 Å². The van der Waals surface area contributed by atoms with Crippen LogP contribution in [0.3, 0.4) is 0 Å². The molecule has 0 atom stereocenters. The highest BCUT2D eigenvalue weighted by Gasteiger charge is 1.95. The van der Waals surface area contributed by atoms with Crippen molar-refractivity contribution in [2.45, 2.75) is 174 Å². The van der Waals surface area contributed by atoms with E-state index in [1.807, 2.05) is 0 Å². The maximum Gasteiger partial charge on any atom is -0.0351 e. The van der Waals surface area contributed by atoms with Crippen molar-refractivity contribution in [1.29, 1.82) is 0 Å². The molecule has 0 amide bonds. The van der Waals surface area contributed by atoms with Crippen LogP contribution in [0.1, 0.15) is 174 Å². The number of hydrogen-bond donors (Lipinski definition) is 0. The Balaban J connectivity index is 3.03. The first kappa shape index (κ1) is 29.7. The van der Waals surface area contributed by atoms with Crippen LogP contribution < -0.4 is 0 Å². The second kappa shape index (κ2) is 28.7. The summed E-state index contributed by atoms with van der Waals surface area (Å²) in [6.45, 7) is 6.21. The molecule has 0 rings (SSSR count). The van der Waals surface area contributed by atoms with Crippen molar-refractivity contribution >= 4 is 0 Å². The van der Waals surface area contributed by atoms with Gasteiger partial charge < -0.3 is 0 Å². The van der Waals surface area contributed by atoms with Gasteiger partial charge in [0.25, 0.3) is 0 Å². The number of rotatable bonds is 26. The molecule has 30 heavy (non-hydrogen) atoms. The van der Waals surface area contributed by atoms with Gasteiger partial charge in [-0.05, 0) is 25.7 Å². The zero-order valence-electron chi connectivity index (χ0n) is 21.2. The highest BCUT2D eigenvalue weighted by atomic mass is 14.0. The predicted octanol–water partition coefficient (Wildman–Crippen LogP) is 11.5. The average molecular weight is 420 g/mol. The molecule has 0 aliphatic carbocycles. The molecule has 0 saturated heterocycles. The van der Waals surface area contributed by atoms with Crippen LogP contribution in [0.4, 0.5) is 0 Å². The lowest BCUT2D eigenvalue weighted by molar-refractivity contribution is 0.523. The highest BCUT2D eigenvalue weighted by molar-refractivity contribution is 4.81. The molecule has 0 heteroatoms. The van der Waals surface area contributed by atoms with E-state index in [9.17, 15) is 0 Å². The van der Waals surface area contributed by atoms with Crippen LogP contribution in [0.15, 0.2) is 12.2 Å². The van der Waals surface area contributed by atoms with Gasteiger partial charge in [-0.15, -0.1) is 0 Å². The van der Waals surface area contributed by atoms with E-state index < -0.39 is 0 Å². The number of hydrogen-bond acceptors (Lipinski definition) is 0. The fourth-order valence-electron chi connectivity index (χ4n) is 4.37. The van der Waals surface area contributed by atoms with Crippen LogP contribution in [-0.2, 0) is 0 Å². The smallest absolute Gasteiger partial charge is 0.0351 e. The Morgan fingerprint density at radius 2 is 0.633 bits per heavy atom. The minimum atomic E-state index is 1.11. The predicted molar refractivity (Wildman–Crippen MR) is 140 cm³/mol. The minimum Gasteiger partial charge on any atom is -0.0885 e. The normalized spacial score (nSPS) is 11.7. The first-order valence-electron chi connectivity index (χ1n) is 14.4. The van der Waals surface area contributed by atoms with E-state index in [-0.39, 0.29) is 0 Å². The lowest BCUT2D eigenvalue weighted by atomic mass is 10.0. The van der Waals surface area contributed by atoms with Crippen molar-refractivity contribution < 1.29 is 0 Å². The Kier molecular flexibility index (Phi) is 28.5. The Morgan fingerprint density at radius 1 is 0.367 bits per heavy atom. The van der Waals surface area contributed by atoms with Crippen molar-refractivity contribution in [1.82, 2.24) is 0 Å². The standard InChI is InChI=1S/C30H59/c1-3-5-7-9-11-13-15-17-19-21-23-25-27-29-30-28-26-24-22-20-18-16-14-12-10-8-6-4-2/h15,17H,1,3-14,16,18-30H2,2H3/b17-15+. The van der Waals surface area contributed by atoms with Crippen LogP contribution in [0.25, 0.3) is 0 Å². The molecule has 0 aromatic carbocycles. The van der Waals surface area contributed by atoms with Gasteiger partial charge in [0.05, 0.1) is 0 Å². The molecule has 0 fully saturated rings. The van der Waals surface area contributed by atoms with E-state index in [1.165, 1.54) is 161 Å². The largest absolute Gasteiger partial charge is 0.0885 e. The van der Waals surface area contributed by atoms with Gasteiger partial charge in [0.1, 0.15) is 0 Å². The van der Waals surface area contributed by atoms with Crippen LogP contribution in [0.2, 0.25) is 0 Å². The molecule has 0 aromatic heterocycles. The van der Waals surface area contributed by atoms with Gasteiger partial charge in [-0.2, -0.15) is 0 Å².